The van der Waals surface area contributed by atoms with E-state index >= 15 is 0 Å². The van der Waals surface area contributed by atoms with Gasteiger partial charge in [-0.15, -0.1) is 11.8 Å². The van der Waals surface area contributed by atoms with E-state index in [4.69, 9.17) is 5.73 Å². The minimum atomic E-state index is -0.505. The predicted molar refractivity (Wildman–Crippen MR) is 53.8 cm³/mol. The van der Waals surface area contributed by atoms with Gasteiger partial charge in [0, 0.05) is 29.9 Å². The molecule has 2 heterocycles. The van der Waals surface area contributed by atoms with Crippen LogP contribution in [-0.4, -0.2) is 21.5 Å². The van der Waals surface area contributed by atoms with Crippen LogP contribution < -0.4 is 5.73 Å². The Morgan fingerprint density at radius 1 is 1.69 bits per heavy atom. The third kappa shape index (κ3) is 1.29. The molecule has 2 unspecified atom stereocenters. The topological polar surface area (TPSA) is 51.2 Å². The zero-order chi connectivity index (χ0) is 9.59. The summed E-state index contributed by atoms with van der Waals surface area (Å²) in [4.78, 5) is 1.21. The van der Waals surface area contributed by atoms with Gasteiger partial charge in [0.25, 0.3) is 0 Å². The maximum atomic E-state index is 9.86. The maximum absolute atomic E-state index is 9.86. The zero-order valence-corrected chi connectivity index (χ0v) is 8.64. The third-order valence-corrected chi connectivity index (χ3v) is 3.84. The smallest absolute Gasteiger partial charge is 0.111 e. The van der Waals surface area contributed by atoms with Crippen molar-refractivity contribution in [1.29, 1.82) is 0 Å². The van der Waals surface area contributed by atoms with Gasteiger partial charge in [-0.05, 0) is 12.5 Å². The Hall–Kier alpha value is -0.450. The molecule has 0 aromatic carbocycles. The van der Waals surface area contributed by atoms with E-state index in [-0.39, 0.29) is 6.04 Å². The number of nitrogens with two attached hydrogens (primary N) is 1. The highest BCUT2D eigenvalue weighted by Gasteiger charge is 2.29. The maximum Gasteiger partial charge on any atom is 0.111 e. The highest BCUT2D eigenvalue weighted by molar-refractivity contribution is 7.99. The lowest BCUT2D eigenvalue weighted by molar-refractivity contribution is 0.142. The van der Waals surface area contributed by atoms with Crippen molar-refractivity contribution in [3.8, 4) is 0 Å². The van der Waals surface area contributed by atoms with E-state index in [0.717, 1.165) is 11.4 Å². The Bertz CT molecular complexity index is 335. The molecule has 0 radical (unpaired) electrons. The Morgan fingerprint density at radius 2 is 2.38 bits per heavy atom. The summed E-state index contributed by atoms with van der Waals surface area (Å²) in [5.41, 5.74) is 7.99. The van der Waals surface area contributed by atoms with Gasteiger partial charge in [-0.3, -0.25) is 0 Å². The van der Waals surface area contributed by atoms with E-state index in [9.17, 15) is 5.11 Å². The van der Waals surface area contributed by atoms with E-state index in [2.05, 4.69) is 6.92 Å². The van der Waals surface area contributed by atoms with Crippen molar-refractivity contribution in [3.63, 3.8) is 0 Å². The molecule has 72 valence electrons. The van der Waals surface area contributed by atoms with Crippen molar-refractivity contribution in [2.75, 3.05) is 5.75 Å². The van der Waals surface area contributed by atoms with Gasteiger partial charge < -0.3 is 15.4 Å². The summed E-state index contributed by atoms with van der Waals surface area (Å²) in [6.45, 7) is 2.06. The lowest BCUT2D eigenvalue weighted by atomic mass is 10.1. The monoisotopic (exact) mass is 198 g/mol. The number of thioether (sulfide) groups is 1. The summed E-state index contributed by atoms with van der Waals surface area (Å²) >= 11 is 1.74. The van der Waals surface area contributed by atoms with Gasteiger partial charge in [0.15, 0.2) is 0 Å². The number of rotatable bonds is 0. The summed E-state index contributed by atoms with van der Waals surface area (Å²) in [7, 11) is 1.95. The first-order valence-electron chi connectivity index (χ1n) is 4.33. The van der Waals surface area contributed by atoms with Gasteiger partial charge in [-0.25, -0.2) is 0 Å². The van der Waals surface area contributed by atoms with Crippen molar-refractivity contribution in [2.45, 2.75) is 24.0 Å². The molecule has 3 N–H and O–H groups in total. The number of aryl methyl sites for hydroxylation is 2. The minimum absolute atomic E-state index is 0.134. The molecule has 13 heavy (non-hydrogen) atoms. The summed E-state index contributed by atoms with van der Waals surface area (Å²) in [5, 5.41) is 9.86. The average molecular weight is 198 g/mol. The van der Waals surface area contributed by atoms with Crippen LogP contribution in [-0.2, 0) is 7.05 Å². The minimum Gasteiger partial charge on any atom is -0.385 e. The van der Waals surface area contributed by atoms with Gasteiger partial charge in [0.05, 0.1) is 5.69 Å². The molecule has 1 aromatic heterocycles. The molecule has 3 nitrogen and oxygen atoms in total. The van der Waals surface area contributed by atoms with Gasteiger partial charge in [-0.1, -0.05) is 0 Å². The molecule has 0 fully saturated rings. The van der Waals surface area contributed by atoms with E-state index in [1.54, 1.807) is 11.8 Å². The van der Waals surface area contributed by atoms with Gasteiger partial charge in [0.1, 0.15) is 6.10 Å². The summed E-state index contributed by atoms with van der Waals surface area (Å²) in [6.07, 6.45) is 1.54. The number of aromatic nitrogens is 1. The molecule has 2 atom stereocenters. The fourth-order valence-corrected chi connectivity index (χ4v) is 3.02. The highest BCUT2D eigenvalue weighted by atomic mass is 32.2. The quantitative estimate of drug-likeness (QED) is 0.648. The SMILES string of the molecule is Cc1cn(C)c2c1SCC(N)C2O. The van der Waals surface area contributed by atoms with Gasteiger partial charge in [0.2, 0.25) is 0 Å². The molecule has 1 aliphatic rings. The van der Waals surface area contributed by atoms with Crippen LogP contribution in [0.4, 0.5) is 0 Å². The Morgan fingerprint density at radius 3 is 3.08 bits per heavy atom. The standard InChI is InChI=1S/C9H14N2OS/c1-5-3-11(2)7-8(12)6(10)4-13-9(5)7/h3,6,8,12H,4,10H2,1-2H3. The first-order valence-corrected chi connectivity index (χ1v) is 5.32. The lowest BCUT2D eigenvalue weighted by Crippen LogP contribution is -2.34. The van der Waals surface area contributed by atoms with Crippen LogP contribution in [0.25, 0.3) is 0 Å². The molecule has 0 bridgehead atoms. The summed E-state index contributed by atoms with van der Waals surface area (Å²) in [6, 6.07) is -0.134. The van der Waals surface area contributed by atoms with Gasteiger partial charge >= 0.3 is 0 Å². The number of fused-ring (bicyclic) bond motifs is 1. The predicted octanol–water partition coefficient (Wildman–Crippen LogP) is 0.800. The molecular weight excluding hydrogens is 184 g/mol. The fourth-order valence-electron chi connectivity index (χ4n) is 1.79. The number of hydrogen-bond donors (Lipinski definition) is 2. The number of aliphatic hydroxyl groups excluding tert-OH is 1. The van der Waals surface area contributed by atoms with Crippen LogP contribution in [0, 0.1) is 6.92 Å². The van der Waals surface area contributed by atoms with Crippen molar-refractivity contribution in [3.05, 3.63) is 17.5 Å². The normalized spacial score (nSPS) is 27.4. The summed E-state index contributed by atoms with van der Waals surface area (Å²) in [5.74, 6) is 0.805. The average Bonchev–Trinajstić information content (AvgIpc) is 2.35. The highest BCUT2D eigenvalue weighted by Crippen LogP contribution is 2.38. The van der Waals surface area contributed by atoms with E-state index in [1.165, 1.54) is 10.5 Å². The second-order valence-electron chi connectivity index (χ2n) is 3.56. The second kappa shape index (κ2) is 3.04. The molecule has 1 aromatic rings. The van der Waals surface area contributed by atoms with Crippen LogP contribution in [0.5, 0.6) is 0 Å². The molecule has 0 aliphatic carbocycles. The number of nitrogens with zero attached hydrogens (tertiary/aromatic N) is 1. The first-order chi connectivity index (χ1) is 6.11. The van der Waals surface area contributed by atoms with Gasteiger partial charge in [-0.2, -0.15) is 0 Å². The molecule has 0 saturated carbocycles. The largest absolute Gasteiger partial charge is 0.385 e. The molecule has 2 rings (SSSR count). The van der Waals surface area contributed by atoms with Crippen molar-refractivity contribution < 1.29 is 5.11 Å². The molecular formula is C9H14N2OS. The molecule has 0 amide bonds. The Kier molecular flexibility index (Phi) is 2.14. The van der Waals surface area contributed by atoms with Crippen molar-refractivity contribution in [2.24, 2.45) is 12.8 Å². The second-order valence-corrected chi connectivity index (χ2v) is 4.59. The van der Waals surface area contributed by atoms with E-state index in [1.807, 2.05) is 17.8 Å². The van der Waals surface area contributed by atoms with Crippen molar-refractivity contribution in [1.82, 2.24) is 4.57 Å². The number of hydrogen-bond acceptors (Lipinski definition) is 3. The summed E-state index contributed by atoms with van der Waals surface area (Å²) < 4.78 is 1.97. The van der Waals surface area contributed by atoms with Crippen LogP contribution in [0.2, 0.25) is 0 Å². The van der Waals surface area contributed by atoms with E-state index in [0.29, 0.717) is 0 Å². The first kappa shape index (κ1) is 9.12. The van der Waals surface area contributed by atoms with E-state index < -0.39 is 6.10 Å². The molecule has 0 saturated heterocycles. The van der Waals surface area contributed by atoms with Crippen LogP contribution in [0.1, 0.15) is 17.4 Å². The Labute approximate surface area is 81.9 Å². The molecule has 1 aliphatic heterocycles. The Balaban J connectivity index is 2.52. The van der Waals surface area contributed by atoms with Crippen molar-refractivity contribution >= 4 is 11.8 Å². The van der Waals surface area contributed by atoms with Crippen LogP contribution in [0.3, 0.4) is 0 Å². The lowest BCUT2D eigenvalue weighted by Gasteiger charge is -2.25. The van der Waals surface area contributed by atoms with Crippen LogP contribution in [0.15, 0.2) is 11.1 Å². The molecule has 4 heteroatoms. The third-order valence-electron chi connectivity index (χ3n) is 2.46. The molecule has 0 spiro atoms. The fraction of sp³-hybridized carbons (Fsp3) is 0.556. The number of aliphatic hydroxyl groups is 1. The zero-order valence-electron chi connectivity index (χ0n) is 7.82. The van der Waals surface area contributed by atoms with Crippen LogP contribution >= 0.6 is 11.8 Å².